The third-order valence-electron chi connectivity index (χ3n) is 3.42. The summed E-state index contributed by atoms with van der Waals surface area (Å²) in [5, 5.41) is 3.31. The third kappa shape index (κ3) is 3.91. The Labute approximate surface area is 149 Å². The minimum absolute atomic E-state index is 0.168. The fourth-order valence-corrected chi connectivity index (χ4v) is 2.79. The van der Waals surface area contributed by atoms with E-state index in [4.69, 9.17) is 23.2 Å². The van der Waals surface area contributed by atoms with Crippen LogP contribution in [0.5, 0.6) is 0 Å². The number of carbonyl (C=O) groups is 1. The topological polar surface area (TPSA) is 54.9 Å². The molecule has 3 rings (SSSR count). The van der Waals surface area contributed by atoms with Gasteiger partial charge in [0.25, 0.3) is 5.91 Å². The molecule has 0 fully saturated rings. The maximum absolute atomic E-state index is 12.6. The van der Waals surface area contributed by atoms with Crippen molar-refractivity contribution in [3.05, 3.63) is 94.0 Å². The van der Waals surface area contributed by atoms with E-state index in [2.05, 4.69) is 15.3 Å². The molecule has 1 aromatic carbocycles. The second-order valence-corrected chi connectivity index (χ2v) is 5.85. The molecule has 0 saturated heterocycles. The Morgan fingerprint density at radius 2 is 1.62 bits per heavy atom. The van der Waals surface area contributed by atoms with Crippen LogP contribution in [0.3, 0.4) is 0 Å². The molecule has 0 aliphatic carbocycles. The molecule has 0 aliphatic rings. The summed E-state index contributed by atoms with van der Waals surface area (Å²) in [5.41, 5.74) is 2.01. The third-order valence-corrected chi connectivity index (χ3v) is 3.80. The summed E-state index contributed by atoms with van der Waals surface area (Å²) >= 11 is 11.8. The number of nitrogens with zero attached hydrogens (tertiary/aromatic N) is 2. The van der Waals surface area contributed by atoms with Crippen LogP contribution in [0.25, 0.3) is 0 Å². The van der Waals surface area contributed by atoms with Crippen molar-refractivity contribution in [3.8, 4) is 0 Å². The van der Waals surface area contributed by atoms with E-state index in [9.17, 15) is 4.79 Å². The molecule has 3 aromatic rings. The SMILES string of the molecule is O=C(NC(c1ccccc1)c1ccccn1)c1cc(Cl)nc(Cl)c1. The average Bonchev–Trinajstić information content (AvgIpc) is 2.60. The number of amides is 1. The number of hydrogen-bond acceptors (Lipinski definition) is 3. The highest BCUT2D eigenvalue weighted by Crippen LogP contribution is 2.21. The zero-order valence-corrected chi connectivity index (χ0v) is 14.0. The van der Waals surface area contributed by atoms with Crippen LogP contribution in [0.4, 0.5) is 0 Å². The van der Waals surface area contributed by atoms with Crippen molar-refractivity contribution in [1.82, 2.24) is 15.3 Å². The van der Waals surface area contributed by atoms with Crippen molar-refractivity contribution >= 4 is 29.1 Å². The molecular formula is C18H13Cl2N3O. The minimum atomic E-state index is -0.384. The Balaban J connectivity index is 1.93. The van der Waals surface area contributed by atoms with Gasteiger partial charge in [-0.2, -0.15) is 0 Å². The van der Waals surface area contributed by atoms with Crippen LogP contribution in [0.15, 0.2) is 66.9 Å². The van der Waals surface area contributed by atoms with Crippen molar-refractivity contribution in [2.45, 2.75) is 6.04 Å². The lowest BCUT2D eigenvalue weighted by atomic mass is 10.0. The van der Waals surface area contributed by atoms with Gasteiger partial charge in [-0.1, -0.05) is 59.6 Å². The van der Waals surface area contributed by atoms with Crippen molar-refractivity contribution in [3.63, 3.8) is 0 Å². The predicted octanol–water partition coefficient (Wildman–Crippen LogP) is 4.30. The van der Waals surface area contributed by atoms with E-state index in [1.54, 1.807) is 6.20 Å². The highest BCUT2D eigenvalue weighted by atomic mass is 35.5. The van der Waals surface area contributed by atoms with Gasteiger partial charge in [0.2, 0.25) is 0 Å². The summed E-state index contributed by atoms with van der Waals surface area (Å²) in [6.07, 6.45) is 1.69. The molecule has 0 aliphatic heterocycles. The van der Waals surface area contributed by atoms with E-state index < -0.39 is 0 Å². The fourth-order valence-electron chi connectivity index (χ4n) is 2.33. The van der Waals surface area contributed by atoms with Gasteiger partial charge in [0.15, 0.2) is 0 Å². The van der Waals surface area contributed by atoms with Crippen molar-refractivity contribution in [2.75, 3.05) is 0 Å². The summed E-state index contributed by atoms with van der Waals surface area (Å²) in [5.74, 6) is -0.305. The van der Waals surface area contributed by atoms with Gasteiger partial charge in [-0.15, -0.1) is 0 Å². The summed E-state index contributed by atoms with van der Waals surface area (Å²) in [6, 6.07) is 17.8. The average molecular weight is 358 g/mol. The summed E-state index contributed by atoms with van der Waals surface area (Å²) in [4.78, 5) is 20.8. The van der Waals surface area contributed by atoms with Gasteiger partial charge >= 0.3 is 0 Å². The van der Waals surface area contributed by atoms with Crippen LogP contribution in [0.2, 0.25) is 10.3 Å². The molecule has 1 amide bonds. The van der Waals surface area contributed by atoms with Crippen LogP contribution in [0, 0.1) is 0 Å². The first-order valence-electron chi connectivity index (χ1n) is 7.23. The first-order valence-corrected chi connectivity index (χ1v) is 7.99. The number of carbonyl (C=O) groups excluding carboxylic acids is 1. The molecule has 6 heteroatoms. The largest absolute Gasteiger partial charge is 0.340 e. The quantitative estimate of drug-likeness (QED) is 0.708. The lowest BCUT2D eigenvalue weighted by molar-refractivity contribution is 0.0942. The Morgan fingerprint density at radius 1 is 0.958 bits per heavy atom. The second-order valence-electron chi connectivity index (χ2n) is 5.07. The second kappa shape index (κ2) is 7.43. The molecular weight excluding hydrogens is 345 g/mol. The number of aromatic nitrogens is 2. The highest BCUT2D eigenvalue weighted by molar-refractivity contribution is 6.33. The lowest BCUT2D eigenvalue weighted by Gasteiger charge is -2.19. The smallest absolute Gasteiger partial charge is 0.252 e. The van der Waals surface area contributed by atoms with Crippen LogP contribution in [-0.2, 0) is 0 Å². The van der Waals surface area contributed by atoms with E-state index in [1.807, 2.05) is 48.5 Å². The molecule has 1 unspecified atom stereocenters. The minimum Gasteiger partial charge on any atom is -0.340 e. The van der Waals surface area contributed by atoms with Crippen LogP contribution in [0.1, 0.15) is 27.7 Å². The highest BCUT2D eigenvalue weighted by Gasteiger charge is 2.19. The first kappa shape index (κ1) is 16.4. The molecule has 4 nitrogen and oxygen atoms in total. The Hall–Kier alpha value is -2.43. The number of benzene rings is 1. The molecule has 0 bridgehead atoms. The van der Waals surface area contributed by atoms with Gasteiger partial charge in [-0.05, 0) is 29.8 Å². The van der Waals surface area contributed by atoms with Crippen molar-refractivity contribution in [2.24, 2.45) is 0 Å². The van der Waals surface area contributed by atoms with Crippen LogP contribution >= 0.6 is 23.2 Å². The van der Waals surface area contributed by atoms with Gasteiger partial charge in [0.05, 0.1) is 11.7 Å². The summed E-state index contributed by atoms with van der Waals surface area (Å²) in [6.45, 7) is 0. The molecule has 0 radical (unpaired) electrons. The summed E-state index contributed by atoms with van der Waals surface area (Å²) < 4.78 is 0. The van der Waals surface area contributed by atoms with Gasteiger partial charge in [0.1, 0.15) is 10.3 Å². The maximum atomic E-state index is 12.6. The van der Waals surface area contributed by atoms with Crippen LogP contribution < -0.4 is 5.32 Å². The molecule has 0 saturated carbocycles. The number of pyridine rings is 2. The normalized spacial score (nSPS) is 11.8. The Kier molecular flexibility index (Phi) is 5.08. The van der Waals surface area contributed by atoms with Gasteiger partial charge in [-0.25, -0.2) is 4.98 Å². The Bertz CT molecular complexity index is 782. The van der Waals surface area contributed by atoms with E-state index in [-0.39, 0.29) is 22.3 Å². The first-order chi connectivity index (χ1) is 11.6. The van der Waals surface area contributed by atoms with Gasteiger partial charge < -0.3 is 5.32 Å². The number of halogens is 2. The molecule has 2 aromatic heterocycles. The van der Waals surface area contributed by atoms with E-state index in [0.717, 1.165) is 11.3 Å². The molecule has 1 atom stereocenters. The Morgan fingerprint density at radius 3 is 2.25 bits per heavy atom. The number of nitrogens with one attached hydrogen (secondary N) is 1. The zero-order valence-electron chi connectivity index (χ0n) is 12.5. The van der Waals surface area contributed by atoms with Crippen molar-refractivity contribution in [1.29, 1.82) is 0 Å². The van der Waals surface area contributed by atoms with Gasteiger partial charge in [0, 0.05) is 11.8 Å². The number of hydrogen-bond donors (Lipinski definition) is 1. The fraction of sp³-hybridized carbons (Fsp3) is 0.0556. The van der Waals surface area contributed by atoms with Crippen molar-refractivity contribution < 1.29 is 4.79 Å². The van der Waals surface area contributed by atoms with Crippen LogP contribution in [-0.4, -0.2) is 15.9 Å². The lowest BCUT2D eigenvalue weighted by Crippen LogP contribution is -2.30. The molecule has 120 valence electrons. The standard InChI is InChI=1S/C18H13Cl2N3O/c19-15-10-13(11-16(20)22-15)18(24)23-17(12-6-2-1-3-7-12)14-8-4-5-9-21-14/h1-11,17H,(H,23,24). The summed E-state index contributed by atoms with van der Waals surface area (Å²) in [7, 11) is 0. The molecule has 0 spiro atoms. The molecule has 24 heavy (non-hydrogen) atoms. The zero-order chi connectivity index (χ0) is 16.9. The number of rotatable bonds is 4. The maximum Gasteiger partial charge on any atom is 0.252 e. The predicted molar refractivity (Wildman–Crippen MR) is 94.2 cm³/mol. The molecule has 2 heterocycles. The van der Waals surface area contributed by atoms with Gasteiger partial charge in [-0.3, -0.25) is 9.78 Å². The van der Waals surface area contributed by atoms with E-state index in [0.29, 0.717) is 5.56 Å². The molecule has 1 N–H and O–H groups in total. The van der Waals surface area contributed by atoms with E-state index >= 15 is 0 Å². The monoisotopic (exact) mass is 357 g/mol. The van der Waals surface area contributed by atoms with E-state index in [1.165, 1.54) is 12.1 Å².